The molecular formula is C54H38. The Morgan fingerprint density at radius 1 is 0.296 bits per heavy atom. The molecule has 9 aromatic carbocycles. The van der Waals surface area contributed by atoms with E-state index >= 15 is 0 Å². The van der Waals surface area contributed by atoms with Crippen LogP contribution >= 0.6 is 0 Å². The topological polar surface area (TPSA) is 0 Å². The number of rotatable bonds is 8. The SMILES string of the molecule is C=Cc1c(C=C)c(-c2ccc(-c3cccc4ccccc34)cc2)c2ccccc2c1-c1ccc(-c2cc3ccc4ccccc4c3c(C=C)c2C=C)cc1. The summed E-state index contributed by atoms with van der Waals surface area (Å²) in [5, 5.41) is 9.69. The average molecular weight is 687 g/mol. The van der Waals surface area contributed by atoms with Crippen molar-refractivity contribution in [1.29, 1.82) is 0 Å². The summed E-state index contributed by atoms with van der Waals surface area (Å²) in [5.74, 6) is 0. The molecule has 9 aromatic rings. The predicted molar refractivity (Wildman–Crippen MR) is 239 cm³/mol. The summed E-state index contributed by atoms with van der Waals surface area (Å²) in [4.78, 5) is 0. The second kappa shape index (κ2) is 13.5. The second-order valence-electron chi connectivity index (χ2n) is 13.8. The van der Waals surface area contributed by atoms with Gasteiger partial charge in [0.1, 0.15) is 0 Å². The van der Waals surface area contributed by atoms with Crippen LogP contribution in [-0.2, 0) is 0 Å². The number of benzene rings is 9. The van der Waals surface area contributed by atoms with Gasteiger partial charge in [0.15, 0.2) is 0 Å². The van der Waals surface area contributed by atoms with Crippen LogP contribution < -0.4 is 0 Å². The van der Waals surface area contributed by atoms with Gasteiger partial charge in [-0.05, 0) is 116 Å². The van der Waals surface area contributed by atoms with Crippen LogP contribution in [0.2, 0.25) is 0 Å². The van der Waals surface area contributed by atoms with E-state index in [0.29, 0.717) is 0 Å². The van der Waals surface area contributed by atoms with Gasteiger partial charge in [0.05, 0.1) is 0 Å². The van der Waals surface area contributed by atoms with Crippen LogP contribution in [0, 0.1) is 0 Å². The highest BCUT2D eigenvalue weighted by Crippen LogP contribution is 2.45. The fourth-order valence-electron chi connectivity index (χ4n) is 8.53. The van der Waals surface area contributed by atoms with E-state index in [0.717, 1.165) is 55.6 Å². The maximum Gasteiger partial charge on any atom is -0.00266 e. The summed E-state index contributed by atoms with van der Waals surface area (Å²) >= 11 is 0. The molecule has 0 heteroatoms. The Labute approximate surface area is 317 Å². The van der Waals surface area contributed by atoms with Crippen LogP contribution in [0.1, 0.15) is 22.3 Å². The van der Waals surface area contributed by atoms with E-state index in [9.17, 15) is 0 Å². The standard InChI is InChI=1S/C54H38/c1-5-42-43(6-2)54-41(33-28-36-17-10-12-20-48(36)54)34-51(42)38-26-31-40(32-27-38)53-45(8-4)44(7-3)52(49-21-13-14-22-50(49)53)39-29-24-37(25-30-39)47-23-15-18-35-16-9-11-19-46(35)47/h5-34H,1-4H2. The molecular weight excluding hydrogens is 649 g/mol. The lowest BCUT2D eigenvalue weighted by molar-refractivity contribution is 1.57. The van der Waals surface area contributed by atoms with Crippen molar-refractivity contribution in [2.24, 2.45) is 0 Å². The molecule has 54 heavy (non-hydrogen) atoms. The normalized spacial score (nSPS) is 11.3. The summed E-state index contributed by atoms with van der Waals surface area (Å²) < 4.78 is 0. The van der Waals surface area contributed by atoms with Crippen molar-refractivity contribution in [2.75, 3.05) is 0 Å². The van der Waals surface area contributed by atoms with Crippen LogP contribution in [0.15, 0.2) is 184 Å². The van der Waals surface area contributed by atoms with E-state index < -0.39 is 0 Å². The second-order valence-corrected chi connectivity index (χ2v) is 13.8. The van der Waals surface area contributed by atoms with E-state index in [4.69, 9.17) is 0 Å². The highest BCUT2D eigenvalue weighted by atomic mass is 14.2. The van der Waals surface area contributed by atoms with Crippen LogP contribution in [0.5, 0.6) is 0 Å². The van der Waals surface area contributed by atoms with Gasteiger partial charge in [0, 0.05) is 0 Å². The minimum absolute atomic E-state index is 1.07. The van der Waals surface area contributed by atoms with Gasteiger partial charge in [-0.1, -0.05) is 202 Å². The van der Waals surface area contributed by atoms with Crippen molar-refractivity contribution in [3.63, 3.8) is 0 Å². The molecule has 0 saturated heterocycles. The first-order valence-corrected chi connectivity index (χ1v) is 18.4. The third-order valence-corrected chi connectivity index (χ3v) is 11.0. The lowest BCUT2D eigenvalue weighted by Crippen LogP contribution is -1.96. The van der Waals surface area contributed by atoms with E-state index in [1.54, 1.807) is 0 Å². The molecule has 0 atom stereocenters. The lowest BCUT2D eigenvalue weighted by atomic mass is 9.82. The summed E-state index contributed by atoms with van der Waals surface area (Å²) in [6.45, 7) is 17.2. The molecule has 254 valence electrons. The van der Waals surface area contributed by atoms with Gasteiger partial charge < -0.3 is 0 Å². The van der Waals surface area contributed by atoms with E-state index in [1.807, 2.05) is 24.3 Å². The van der Waals surface area contributed by atoms with Gasteiger partial charge in [-0.2, -0.15) is 0 Å². The van der Waals surface area contributed by atoms with Crippen LogP contribution in [0.25, 0.3) is 112 Å². The molecule has 9 rings (SSSR count). The monoisotopic (exact) mass is 686 g/mol. The molecule has 0 saturated carbocycles. The third kappa shape index (κ3) is 5.23. The Morgan fingerprint density at radius 2 is 0.722 bits per heavy atom. The Hall–Kier alpha value is -7.02. The van der Waals surface area contributed by atoms with Gasteiger partial charge in [-0.3, -0.25) is 0 Å². The molecule has 0 N–H and O–H groups in total. The van der Waals surface area contributed by atoms with Crippen molar-refractivity contribution >= 4 is 67.4 Å². The smallest absolute Gasteiger partial charge is 0.00266 e. The summed E-state index contributed by atoms with van der Waals surface area (Å²) in [6.07, 6.45) is 7.91. The van der Waals surface area contributed by atoms with Gasteiger partial charge in [-0.15, -0.1) is 0 Å². The Morgan fingerprint density at radius 3 is 1.28 bits per heavy atom. The van der Waals surface area contributed by atoms with Crippen molar-refractivity contribution in [3.05, 3.63) is 206 Å². The highest BCUT2D eigenvalue weighted by Gasteiger charge is 2.20. The zero-order valence-corrected chi connectivity index (χ0v) is 30.1. The molecule has 0 spiro atoms. The minimum atomic E-state index is 1.07. The lowest BCUT2D eigenvalue weighted by Gasteiger charge is -2.21. The zero-order chi connectivity index (χ0) is 36.8. The minimum Gasteiger partial charge on any atom is -0.0984 e. The number of hydrogen-bond donors (Lipinski definition) is 0. The molecule has 0 fully saturated rings. The summed E-state index contributed by atoms with van der Waals surface area (Å²) in [5.41, 5.74) is 13.6. The van der Waals surface area contributed by atoms with Crippen molar-refractivity contribution in [2.45, 2.75) is 0 Å². The first-order valence-electron chi connectivity index (χ1n) is 18.4. The average Bonchev–Trinajstić information content (AvgIpc) is 3.24. The molecule has 0 heterocycles. The summed E-state index contributed by atoms with van der Waals surface area (Å²) in [7, 11) is 0. The van der Waals surface area contributed by atoms with Crippen LogP contribution in [-0.4, -0.2) is 0 Å². The van der Waals surface area contributed by atoms with E-state index in [1.165, 1.54) is 54.2 Å². The van der Waals surface area contributed by atoms with Gasteiger partial charge in [0.2, 0.25) is 0 Å². The molecule has 0 aliphatic heterocycles. The molecule has 0 unspecified atom stereocenters. The fraction of sp³-hybridized carbons (Fsp3) is 0. The molecule has 0 aromatic heterocycles. The number of hydrogen-bond acceptors (Lipinski definition) is 0. The molecule has 0 radical (unpaired) electrons. The van der Waals surface area contributed by atoms with E-state index in [-0.39, 0.29) is 0 Å². The Bertz CT molecular complexity index is 2970. The predicted octanol–water partition coefficient (Wildman–Crippen LogP) is 15.5. The molecule has 0 amide bonds. The quantitative estimate of drug-likeness (QED) is 0.140. The number of fused-ring (bicyclic) bond motifs is 5. The molecule has 0 bridgehead atoms. The zero-order valence-electron chi connectivity index (χ0n) is 30.1. The van der Waals surface area contributed by atoms with Gasteiger partial charge >= 0.3 is 0 Å². The Kier molecular flexibility index (Phi) is 8.22. The maximum atomic E-state index is 4.34. The third-order valence-electron chi connectivity index (χ3n) is 11.0. The summed E-state index contributed by atoms with van der Waals surface area (Å²) in [6, 6.07) is 56.9. The Balaban J connectivity index is 1.18. The molecule has 0 aliphatic carbocycles. The van der Waals surface area contributed by atoms with Crippen molar-refractivity contribution < 1.29 is 0 Å². The maximum absolute atomic E-state index is 4.34. The first kappa shape index (κ1) is 32.9. The van der Waals surface area contributed by atoms with E-state index in [2.05, 4.69) is 184 Å². The van der Waals surface area contributed by atoms with Crippen molar-refractivity contribution in [1.82, 2.24) is 0 Å². The highest BCUT2D eigenvalue weighted by molar-refractivity contribution is 6.15. The molecule has 0 aliphatic rings. The first-order chi connectivity index (χ1) is 26.6. The van der Waals surface area contributed by atoms with Crippen LogP contribution in [0.3, 0.4) is 0 Å². The van der Waals surface area contributed by atoms with Crippen LogP contribution in [0.4, 0.5) is 0 Å². The van der Waals surface area contributed by atoms with Crippen molar-refractivity contribution in [3.8, 4) is 44.5 Å². The fourth-order valence-corrected chi connectivity index (χ4v) is 8.53. The van der Waals surface area contributed by atoms with Gasteiger partial charge in [0.25, 0.3) is 0 Å². The molecule has 0 nitrogen and oxygen atoms in total. The van der Waals surface area contributed by atoms with Gasteiger partial charge in [-0.25, -0.2) is 0 Å². The largest absolute Gasteiger partial charge is 0.0984 e.